The SMILES string of the molecule is O=C1CC2C(=O)OC(=O)C3C(C(=O)O1)C23. The third-order valence-corrected chi connectivity index (χ3v) is 3.19. The number of carbonyl (C=O) groups is 4. The maximum absolute atomic E-state index is 11.3. The van der Waals surface area contributed by atoms with Crippen LogP contribution in [0, 0.1) is 23.7 Å². The van der Waals surface area contributed by atoms with Gasteiger partial charge in [-0.05, 0) is 0 Å². The molecule has 78 valence electrons. The predicted molar refractivity (Wildman–Crippen MR) is 40.8 cm³/mol. The molecular weight excluding hydrogens is 204 g/mol. The molecule has 1 aliphatic carbocycles. The van der Waals surface area contributed by atoms with Crippen LogP contribution in [0.5, 0.6) is 0 Å². The highest BCUT2D eigenvalue weighted by Gasteiger charge is 2.70. The predicted octanol–water partition coefficient (Wildman–Crippen LogP) is -0.978. The van der Waals surface area contributed by atoms with E-state index in [0.29, 0.717) is 0 Å². The summed E-state index contributed by atoms with van der Waals surface area (Å²) >= 11 is 0. The molecule has 0 aromatic rings. The molecule has 2 aliphatic heterocycles. The number of esters is 4. The van der Waals surface area contributed by atoms with Gasteiger partial charge in [0.1, 0.15) is 0 Å². The maximum Gasteiger partial charge on any atom is 0.317 e. The number of ether oxygens (including phenoxy) is 2. The third-order valence-electron chi connectivity index (χ3n) is 3.19. The monoisotopic (exact) mass is 210 g/mol. The highest BCUT2D eigenvalue weighted by molar-refractivity contribution is 6.03. The average molecular weight is 210 g/mol. The Morgan fingerprint density at radius 2 is 1.47 bits per heavy atom. The molecule has 0 aromatic carbocycles. The minimum atomic E-state index is -0.720. The van der Waals surface area contributed by atoms with Gasteiger partial charge in [-0.25, -0.2) is 0 Å². The van der Waals surface area contributed by atoms with Crippen LogP contribution in [0.15, 0.2) is 0 Å². The lowest BCUT2D eigenvalue weighted by Gasteiger charge is -2.16. The minimum absolute atomic E-state index is 0.171. The van der Waals surface area contributed by atoms with Crippen LogP contribution < -0.4 is 0 Å². The van der Waals surface area contributed by atoms with Crippen molar-refractivity contribution in [3.05, 3.63) is 0 Å². The summed E-state index contributed by atoms with van der Waals surface area (Å²) in [5, 5.41) is 0. The van der Waals surface area contributed by atoms with E-state index in [1.165, 1.54) is 0 Å². The fourth-order valence-corrected chi connectivity index (χ4v) is 2.46. The topological polar surface area (TPSA) is 86.7 Å². The second kappa shape index (κ2) is 2.44. The molecule has 0 aromatic heterocycles. The van der Waals surface area contributed by atoms with Gasteiger partial charge in [0, 0.05) is 5.92 Å². The normalized spacial score (nSPS) is 42.7. The molecule has 0 amide bonds. The lowest BCUT2D eigenvalue weighted by molar-refractivity contribution is -0.173. The first kappa shape index (κ1) is 8.58. The molecule has 3 fully saturated rings. The second-order valence-electron chi connectivity index (χ2n) is 3.97. The van der Waals surface area contributed by atoms with Gasteiger partial charge in [0.25, 0.3) is 0 Å². The van der Waals surface area contributed by atoms with E-state index in [1.807, 2.05) is 0 Å². The molecule has 0 N–H and O–H groups in total. The maximum atomic E-state index is 11.3. The number of hydrogen-bond acceptors (Lipinski definition) is 6. The summed E-state index contributed by atoms with van der Waals surface area (Å²) in [7, 11) is 0. The van der Waals surface area contributed by atoms with Crippen LogP contribution in [0.4, 0.5) is 0 Å². The number of hydrogen-bond donors (Lipinski definition) is 0. The lowest BCUT2D eigenvalue weighted by atomic mass is 9.96. The number of cyclic esters (lactones) is 4. The van der Waals surface area contributed by atoms with Crippen LogP contribution in [-0.2, 0) is 28.7 Å². The Morgan fingerprint density at radius 3 is 2.13 bits per heavy atom. The summed E-state index contributed by atoms with van der Waals surface area (Å²) in [4.78, 5) is 44.8. The quantitative estimate of drug-likeness (QED) is 0.377. The van der Waals surface area contributed by atoms with Crippen LogP contribution in [0.3, 0.4) is 0 Å². The summed E-state index contributed by atoms with van der Waals surface area (Å²) < 4.78 is 8.93. The molecule has 4 unspecified atom stereocenters. The first-order chi connectivity index (χ1) is 7.09. The van der Waals surface area contributed by atoms with Gasteiger partial charge in [-0.15, -0.1) is 0 Å². The fourth-order valence-electron chi connectivity index (χ4n) is 2.46. The molecule has 2 saturated heterocycles. The summed E-state index contributed by atoms with van der Waals surface area (Å²) in [5.41, 5.74) is 0. The van der Waals surface area contributed by atoms with E-state index in [1.54, 1.807) is 0 Å². The van der Waals surface area contributed by atoms with Gasteiger partial charge >= 0.3 is 23.9 Å². The van der Waals surface area contributed by atoms with Gasteiger partial charge < -0.3 is 9.47 Å². The van der Waals surface area contributed by atoms with E-state index in [2.05, 4.69) is 9.47 Å². The van der Waals surface area contributed by atoms with Gasteiger partial charge in [0.15, 0.2) is 0 Å². The summed E-state index contributed by atoms with van der Waals surface area (Å²) in [6.07, 6.45) is -0.171. The molecule has 6 nitrogen and oxygen atoms in total. The standard InChI is InChI=1S/C9H6O6/c10-3-1-2-4-5(8(12)14-3)6(4)9(13)15-7(2)11/h2,4-6H,1H2. The van der Waals surface area contributed by atoms with Crippen molar-refractivity contribution in [1.29, 1.82) is 0 Å². The van der Waals surface area contributed by atoms with Crippen LogP contribution in [0.25, 0.3) is 0 Å². The van der Waals surface area contributed by atoms with Crippen molar-refractivity contribution in [2.75, 3.05) is 0 Å². The number of fused-ring (bicyclic) bond motifs is 1. The molecule has 3 aliphatic rings. The average Bonchev–Trinajstić information content (AvgIpc) is 2.86. The van der Waals surface area contributed by atoms with Crippen LogP contribution in [-0.4, -0.2) is 23.9 Å². The minimum Gasteiger partial charge on any atom is -0.393 e. The molecular formula is C9H6O6. The number of carbonyl (C=O) groups excluding carboxylic acids is 4. The van der Waals surface area contributed by atoms with E-state index in [9.17, 15) is 19.2 Å². The highest BCUT2D eigenvalue weighted by atomic mass is 16.6. The Morgan fingerprint density at radius 1 is 0.867 bits per heavy atom. The zero-order valence-corrected chi connectivity index (χ0v) is 7.47. The van der Waals surface area contributed by atoms with Crippen molar-refractivity contribution in [1.82, 2.24) is 0 Å². The molecule has 6 heteroatoms. The fraction of sp³-hybridized carbons (Fsp3) is 0.556. The van der Waals surface area contributed by atoms with Crippen molar-refractivity contribution in [2.24, 2.45) is 23.7 Å². The van der Waals surface area contributed by atoms with Crippen molar-refractivity contribution >= 4 is 23.9 Å². The summed E-state index contributed by atoms with van der Waals surface area (Å²) in [5.74, 6) is -5.10. The molecule has 3 rings (SSSR count). The van der Waals surface area contributed by atoms with Gasteiger partial charge in [0.2, 0.25) is 0 Å². The zero-order chi connectivity index (χ0) is 10.7. The van der Waals surface area contributed by atoms with Crippen molar-refractivity contribution < 1.29 is 28.7 Å². The largest absolute Gasteiger partial charge is 0.393 e. The van der Waals surface area contributed by atoms with Crippen LogP contribution >= 0.6 is 0 Å². The molecule has 0 spiro atoms. The van der Waals surface area contributed by atoms with Crippen LogP contribution in [0.2, 0.25) is 0 Å². The van der Waals surface area contributed by atoms with E-state index >= 15 is 0 Å². The van der Waals surface area contributed by atoms with E-state index in [-0.39, 0.29) is 12.3 Å². The Kier molecular flexibility index (Phi) is 1.40. The second-order valence-corrected chi connectivity index (χ2v) is 3.97. The van der Waals surface area contributed by atoms with Gasteiger partial charge in [0.05, 0.1) is 24.2 Å². The molecule has 0 radical (unpaired) electrons. The van der Waals surface area contributed by atoms with Crippen molar-refractivity contribution in [3.8, 4) is 0 Å². The molecule has 0 bridgehead atoms. The molecule has 1 saturated carbocycles. The third kappa shape index (κ3) is 0.986. The van der Waals surface area contributed by atoms with Gasteiger partial charge in [-0.3, -0.25) is 19.2 Å². The first-order valence-corrected chi connectivity index (χ1v) is 4.59. The Bertz CT molecular complexity index is 405. The summed E-state index contributed by atoms with van der Waals surface area (Å²) in [6, 6.07) is 0. The van der Waals surface area contributed by atoms with Crippen molar-refractivity contribution in [2.45, 2.75) is 6.42 Å². The van der Waals surface area contributed by atoms with E-state index in [0.717, 1.165) is 0 Å². The Labute approximate surface area is 83.5 Å². The van der Waals surface area contributed by atoms with Crippen LogP contribution in [0.1, 0.15) is 6.42 Å². The Balaban J connectivity index is 1.99. The lowest BCUT2D eigenvalue weighted by Crippen LogP contribution is -2.32. The summed E-state index contributed by atoms with van der Waals surface area (Å²) in [6.45, 7) is 0. The van der Waals surface area contributed by atoms with Crippen molar-refractivity contribution in [3.63, 3.8) is 0 Å². The molecule has 15 heavy (non-hydrogen) atoms. The van der Waals surface area contributed by atoms with Gasteiger partial charge in [-0.2, -0.15) is 0 Å². The highest BCUT2D eigenvalue weighted by Crippen LogP contribution is 2.57. The number of rotatable bonds is 0. The first-order valence-electron chi connectivity index (χ1n) is 4.59. The molecule has 2 heterocycles. The zero-order valence-electron chi connectivity index (χ0n) is 7.47. The smallest absolute Gasteiger partial charge is 0.317 e. The van der Waals surface area contributed by atoms with E-state index < -0.39 is 41.6 Å². The van der Waals surface area contributed by atoms with Gasteiger partial charge in [-0.1, -0.05) is 0 Å². The molecule has 4 atom stereocenters. The van der Waals surface area contributed by atoms with E-state index in [4.69, 9.17) is 0 Å². The Hall–Kier alpha value is -1.72.